The van der Waals surface area contributed by atoms with Crippen LogP contribution in [0.2, 0.25) is 0 Å². The zero-order chi connectivity index (χ0) is 15.8. The van der Waals surface area contributed by atoms with Gasteiger partial charge >= 0.3 is 6.09 Å². The first-order chi connectivity index (χ1) is 10.7. The van der Waals surface area contributed by atoms with E-state index in [1.165, 1.54) is 13.3 Å². The molecule has 1 heterocycles. The van der Waals surface area contributed by atoms with Gasteiger partial charge in [-0.2, -0.15) is 5.10 Å². The minimum absolute atomic E-state index is 0.491. The minimum atomic E-state index is -0.626. The summed E-state index contributed by atoms with van der Waals surface area (Å²) in [5.41, 5.74) is 2.98. The SMILES string of the molecule is COC(=O)N/N=C\c1ccc(OCc2cccs2)c(OC)c1. The molecule has 0 saturated heterocycles. The van der Waals surface area contributed by atoms with Crippen LogP contribution >= 0.6 is 11.3 Å². The van der Waals surface area contributed by atoms with Crippen LogP contribution in [0.1, 0.15) is 10.4 Å². The Morgan fingerprint density at radius 2 is 2.18 bits per heavy atom. The molecule has 0 bridgehead atoms. The molecular weight excluding hydrogens is 304 g/mol. The van der Waals surface area contributed by atoms with Gasteiger partial charge in [0.25, 0.3) is 0 Å². The molecule has 0 aliphatic carbocycles. The van der Waals surface area contributed by atoms with E-state index in [1.54, 1.807) is 30.6 Å². The Bertz CT molecular complexity index is 641. The summed E-state index contributed by atoms with van der Waals surface area (Å²) in [4.78, 5) is 12.0. The second-order valence-electron chi connectivity index (χ2n) is 4.14. The highest BCUT2D eigenvalue weighted by Gasteiger charge is 2.06. The predicted molar refractivity (Wildman–Crippen MR) is 84.8 cm³/mol. The van der Waals surface area contributed by atoms with Gasteiger partial charge in [-0.25, -0.2) is 10.2 Å². The van der Waals surface area contributed by atoms with Crippen molar-refractivity contribution in [1.82, 2.24) is 5.43 Å². The number of hydrazone groups is 1. The van der Waals surface area contributed by atoms with Crippen LogP contribution in [0.25, 0.3) is 0 Å². The van der Waals surface area contributed by atoms with Crippen molar-refractivity contribution in [1.29, 1.82) is 0 Å². The molecule has 116 valence electrons. The van der Waals surface area contributed by atoms with Crippen LogP contribution in [-0.4, -0.2) is 26.5 Å². The molecule has 0 atom stereocenters. The predicted octanol–water partition coefficient (Wildman–Crippen LogP) is 3.03. The normalized spacial score (nSPS) is 10.5. The van der Waals surface area contributed by atoms with Gasteiger partial charge < -0.3 is 14.2 Å². The molecule has 1 N–H and O–H groups in total. The third kappa shape index (κ3) is 4.49. The molecule has 1 amide bonds. The molecule has 0 radical (unpaired) electrons. The Morgan fingerprint density at radius 1 is 1.32 bits per heavy atom. The van der Waals surface area contributed by atoms with E-state index in [4.69, 9.17) is 9.47 Å². The van der Waals surface area contributed by atoms with Crippen molar-refractivity contribution in [3.05, 3.63) is 46.2 Å². The summed E-state index contributed by atoms with van der Waals surface area (Å²) < 4.78 is 15.5. The van der Waals surface area contributed by atoms with Crippen LogP contribution in [0.5, 0.6) is 11.5 Å². The van der Waals surface area contributed by atoms with Gasteiger partial charge in [0.2, 0.25) is 0 Å². The number of benzene rings is 1. The third-order valence-corrected chi connectivity index (χ3v) is 3.54. The van der Waals surface area contributed by atoms with Gasteiger partial charge in [-0.3, -0.25) is 0 Å². The molecule has 0 aliphatic heterocycles. The fraction of sp³-hybridized carbons (Fsp3) is 0.200. The average molecular weight is 320 g/mol. The quantitative estimate of drug-likeness (QED) is 0.656. The van der Waals surface area contributed by atoms with Crippen molar-refractivity contribution in [2.75, 3.05) is 14.2 Å². The molecule has 0 spiro atoms. The summed E-state index contributed by atoms with van der Waals surface area (Å²) in [5.74, 6) is 1.24. The molecule has 0 aliphatic rings. The smallest absolute Gasteiger partial charge is 0.427 e. The molecule has 0 fully saturated rings. The summed E-state index contributed by atoms with van der Waals surface area (Å²) >= 11 is 1.64. The van der Waals surface area contributed by atoms with E-state index < -0.39 is 6.09 Å². The van der Waals surface area contributed by atoms with E-state index >= 15 is 0 Å². The summed E-state index contributed by atoms with van der Waals surface area (Å²) in [6.07, 6.45) is 0.863. The first-order valence-electron chi connectivity index (χ1n) is 6.43. The maximum Gasteiger partial charge on any atom is 0.427 e. The lowest BCUT2D eigenvalue weighted by atomic mass is 10.2. The number of ether oxygens (including phenoxy) is 3. The molecule has 7 heteroatoms. The highest BCUT2D eigenvalue weighted by molar-refractivity contribution is 7.09. The van der Waals surface area contributed by atoms with E-state index in [0.29, 0.717) is 18.1 Å². The van der Waals surface area contributed by atoms with Crippen LogP contribution in [0.3, 0.4) is 0 Å². The first kappa shape index (κ1) is 15.8. The van der Waals surface area contributed by atoms with Crippen molar-refractivity contribution < 1.29 is 19.0 Å². The molecule has 1 aromatic carbocycles. The Morgan fingerprint density at radius 3 is 2.86 bits per heavy atom. The number of hydrogen-bond acceptors (Lipinski definition) is 6. The van der Waals surface area contributed by atoms with Crippen LogP contribution in [0.15, 0.2) is 40.8 Å². The van der Waals surface area contributed by atoms with Crippen LogP contribution in [0, 0.1) is 0 Å². The zero-order valence-electron chi connectivity index (χ0n) is 12.2. The monoisotopic (exact) mass is 320 g/mol. The number of nitrogens with zero attached hydrogens (tertiary/aromatic N) is 1. The number of thiophene rings is 1. The van der Waals surface area contributed by atoms with E-state index in [9.17, 15) is 4.79 Å². The van der Waals surface area contributed by atoms with Gasteiger partial charge in [-0.1, -0.05) is 6.07 Å². The van der Waals surface area contributed by atoms with Gasteiger partial charge in [0, 0.05) is 4.88 Å². The molecule has 2 rings (SSSR count). The highest BCUT2D eigenvalue weighted by Crippen LogP contribution is 2.28. The Hall–Kier alpha value is -2.54. The molecule has 6 nitrogen and oxygen atoms in total. The summed E-state index contributed by atoms with van der Waals surface area (Å²) in [6.45, 7) is 0.491. The summed E-state index contributed by atoms with van der Waals surface area (Å²) in [5, 5.41) is 5.76. The second kappa shape index (κ2) is 8.04. The number of rotatable bonds is 6. The van der Waals surface area contributed by atoms with E-state index in [0.717, 1.165) is 10.4 Å². The van der Waals surface area contributed by atoms with Crippen molar-refractivity contribution in [2.45, 2.75) is 6.61 Å². The molecule has 0 unspecified atom stereocenters. The Kier molecular flexibility index (Phi) is 5.79. The largest absolute Gasteiger partial charge is 0.493 e. The van der Waals surface area contributed by atoms with Crippen molar-refractivity contribution >= 4 is 23.6 Å². The van der Waals surface area contributed by atoms with Gasteiger partial charge in [0.05, 0.1) is 20.4 Å². The van der Waals surface area contributed by atoms with Crippen LogP contribution < -0.4 is 14.9 Å². The Labute approximate surface area is 132 Å². The second-order valence-corrected chi connectivity index (χ2v) is 5.17. The molecule has 0 saturated carbocycles. The highest BCUT2D eigenvalue weighted by atomic mass is 32.1. The molecule has 22 heavy (non-hydrogen) atoms. The lowest BCUT2D eigenvalue weighted by molar-refractivity contribution is 0.171. The average Bonchev–Trinajstić information content (AvgIpc) is 3.06. The lowest BCUT2D eigenvalue weighted by Crippen LogP contribution is -2.16. The number of amides is 1. The van der Waals surface area contributed by atoms with E-state index in [2.05, 4.69) is 15.3 Å². The standard InChI is InChI=1S/C15H16N2O4S/c1-19-14-8-11(9-16-17-15(18)20-2)5-6-13(14)21-10-12-4-3-7-22-12/h3-9H,10H2,1-2H3,(H,17,18)/b16-9-. The molecular formula is C15H16N2O4S. The lowest BCUT2D eigenvalue weighted by Gasteiger charge is -2.10. The number of carbonyl (C=O) groups excluding carboxylic acids is 1. The topological polar surface area (TPSA) is 69.2 Å². The number of hydrogen-bond donors (Lipinski definition) is 1. The first-order valence-corrected chi connectivity index (χ1v) is 7.31. The van der Waals surface area contributed by atoms with Crippen molar-refractivity contribution in [3.8, 4) is 11.5 Å². The Balaban J connectivity index is 2.02. The fourth-order valence-corrected chi connectivity index (χ4v) is 2.25. The maximum atomic E-state index is 10.9. The summed E-state index contributed by atoms with van der Waals surface area (Å²) in [7, 11) is 2.84. The van der Waals surface area contributed by atoms with E-state index in [1.807, 2.05) is 23.6 Å². The van der Waals surface area contributed by atoms with Crippen LogP contribution in [-0.2, 0) is 11.3 Å². The zero-order valence-corrected chi connectivity index (χ0v) is 13.1. The van der Waals surface area contributed by atoms with Crippen molar-refractivity contribution in [2.24, 2.45) is 5.10 Å². The van der Waals surface area contributed by atoms with Gasteiger partial charge in [0.1, 0.15) is 6.61 Å². The summed E-state index contributed by atoms with van der Waals surface area (Å²) in [6, 6.07) is 9.37. The minimum Gasteiger partial charge on any atom is -0.493 e. The number of carbonyl (C=O) groups is 1. The van der Waals surface area contributed by atoms with Crippen molar-refractivity contribution in [3.63, 3.8) is 0 Å². The van der Waals surface area contributed by atoms with E-state index in [-0.39, 0.29) is 0 Å². The number of nitrogens with one attached hydrogen (secondary N) is 1. The van der Waals surface area contributed by atoms with Gasteiger partial charge in [-0.05, 0) is 35.2 Å². The van der Waals surface area contributed by atoms with Gasteiger partial charge in [0.15, 0.2) is 11.5 Å². The van der Waals surface area contributed by atoms with Crippen LogP contribution in [0.4, 0.5) is 4.79 Å². The third-order valence-electron chi connectivity index (χ3n) is 2.69. The maximum absolute atomic E-state index is 10.9. The molecule has 1 aromatic heterocycles. The number of methoxy groups -OCH3 is 2. The fourth-order valence-electron chi connectivity index (χ4n) is 1.63. The van der Waals surface area contributed by atoms with Gasteiger partial charge in [-0.15, -0.1) is 11.3 Å². The molecule has 2 aromatic rings.